The fourth-order valence-corrected chi connectivity index (χ4v) is 1.87. The monoisotopic (exact) mass is 325 g/mol. The molecule has 2 unspecified atom stereocenters. The highest BCUT2D eigenvalue weighted by Gasteiger charge is 2.26. The number of hydrogen-bond donors (Lipinski definition) is 2. The van der Waals surface area contributed by atoms with Crippen LogP contribution < -0.4 is 0 Å². The van der Waals surface area contributed by atoms with Gasteiger partial charge in [0.15, 0.2) is 0 Å². The summed E-state index contributed by atoms with van der Waals surface area (Å²) in [6, 6.07) is 0.907. The normalized spacial score (nSPS) is 14.3. The maximum absolute atomic E-state index is 13.4. The number of aliphatic hydroxyl groups excluding tert-OH is 2. The predicted octanol–water partition coefficient (Wildman–Crippen LogP) is 2.05. The molecule has 0 bridgehead atoms. The summed E-state index contributed by atoms with van der Waals surface area (Å²) in [6.45, 7) is 0. The first-order chi connectivity index (χ1) is 8.38. The number of benzene rings is 1. The third-order valence-electron chi connectivity index (χ3n) is 2.35. The lowest BCUT2D eigenvalue weighted by Gasteiger charge is -2.17. The van der Waals surface area contributed by atoms with Gasteiger partial charge >= 0.3 is 5.69 Å². The topological polar surface area (TPSA) is 83.6 Å². The van der Waals surface area contributed by atoms with Gasteiger partial charge in [0.25, 0.3) is 0 Å². The van der Waals surface area contributed by atoms with Crippen LogP contribution in [-0.2, 0) is 0 Å². The molecule has 0 radical (unpaired) electrons. The SMILES string of the molecule is O=[N+]([O-])c1cc(C(O)C(O)CCBr)c(F)cc1F. The van der Waals surface area contributed by atoms with Crippen LogP contribution in [0.2, 0.25) is 0 Å². The third-order valence-corrected chi connectivity index (χ3v) is 2.81. The summed E-state index contributed by atoms with van der Waals surface area (Å²) < 4.78 is 26.5. The largest absolute Gasteiger partial charge is 0.390 e. The maximum atomic E-state index is 13.4. The van der Waals surface area contributed by atoms with E-state index in [1.54, 1.807) is 0 Å². The van der Waals surface area contributed by atoms with Gasteiger partial charge in [-0.1, -0.05) is 15.9 Å². The minimum Gasteiger partial charge on any atom is -0.390 e. The zero-order valence-electron chi connectivity index (χ0n) is 9.02. The number of nitro groups is 1. The van der Waals surface area contributed by atoms with Crippen molar-refractivity contribution in [2.24, 2.45) is 0 Å². The predicted molar refractivity (Wildman–Crippen MR) is 62.4 cm³/mol. The Morgan fingerprint density at radius 3 is 2.44 bits per heavy atom. The highest BCUT2D eigenvalue weighted by atomic mass is 79.9. The average Bonchev–Trinajstić information content (AvgIpc) is 2.28. The van der Waals surface area contributed by atoms with Crippen LogP contribution in [0.5, 0.6) is 0 Å². The van der Waals surface area contributed by atoms with E-state index in [0.29, 0.717) is 17.5 Å². The van der Waals surface area contributed by atoms with Crippen molar-refractivity contribution in [1.29, 1.82) is 0 Å². The number of rotatable bonds is 5. The number of nitro benzene ring substituents is 1. The van der Waals surface area contributed by atoms with E-state index in [9.17, 15) is 29.1 Å². The van der Waals surface area contributed by atoms with E-state index in [4.69, 9.17) is 0 Å². The Hall–Kier alpha value is -1.12. The minimum absolute atomic E-state index is 0.117. The molecule has 0 aliphatic heterocycles. The van der Waals surface area contributed by atoms with Crippen molar-refractivity contribution in [2.75, 3.05) is 5.33 Å². The van der Waals surface area contributed by atoms with Crippen molar-refractivity contribution >= 4 is 21.6 Å². The molecule has 1 rings (SSSR count). The Labute approximate surface area is 109 Å². The smallest absolute Gasteiger partial charge is 0.305 e. The molecule has 0 saturated carbocycles. The number of nitrogens with zero attached hydrogens (tertiary/aromatic N) is 1. The molecular weight excluding hydrogens is 316 g/mol. The van der Waals surface area contributed by atoms with Crippen LogP contribution in [0, 0.1) is 21.7 Å². The second-order valence-electron chi connectivity index (χ2n) is 3.57. The summed E-state index contributed by atoms with van der Waals surface area (Å²) in [5, 5.41) is 30.0. The molecule has 1 aromatic carbocycles. The molecule has 2 atom stereocenters. The zero-order chi connectivity index (χ0) is 13.9. The van der Waals surface area contributed by atoms with Crippen LogP contribution >= 0.6 is 15.9 Å². The van der Waals surface area contributed by atoms with Gasteiger partial charge < -0.3 is 10.2 Å². The van der Waals surface area contributed by atoms with E-state index in [0.717, 1.165) is 0 Å². The van der Waals surface area contributed by atoms with Crippen molar-refractivity contribution in [1.82, 2.24) is 0 Å². The fraction of sp³-hybridized carbons (Fsp3) is 0.400. The molecule has 2 N–H and O–H groups in total. The number of hydrogen-bond acceptors (Lipinski definition) is 4. The molecule has 0 amide bonds. The average molecular weight is 326 g/mol. The van der Waals surface area contributed by atoms with E-state index in [-0.39, 0.29) is 6.42 Å². The lowest BCUT2D eigenvalue weighted by atomic mass is 10.0. The molecular formula is C10H10BrF2NO4. The van der Waals surface area contributed by atoms with Gasteiger partial charge in [-0.3, -0.25) is 10.1 Å². The van der Waals surface area contributed by atoms with Crippen molar-refractivity contribution in [3.05, 3.63) is 39.4 Å². The quantitative estimate of drug-likeness (QED) is 0.493. The maximum Gasteiger partial charge on any atom is 0.305 e. The van der Waals surface area contributed by atoms with Crippen molar-refractivity contribution < 1.29 is 23.9 Å². The molecule has 0 aliphatic rings. The Bertz CT molecular complexity index is 458. The fourth-order valence-electron chi connectivity index (χ4n) is 1.40. The lowest BCUT2D eigenvalue weighted by Crippen LogP contribution is -2.20. The first-order valence-corrected chi connectivity index (χ1v) is 6.06. The summed E-state index contributed by atoms with van der Waals surface area (Å²) in [6.07, 6.45) is -2.84. The number of alkyl halides is 1. The van der Waals surface area contributed by atoms with Crippen LogP contribution in [0.4, 0.5) is 14.5 Å². The molecule has 0 fully saturated rings. The molecule has 0 saturated heterocycles. The number of halogens is 3. The Kier molecular flexibility index (Phi) is 5.12. The van der Waals surface area contributed by atoms with E-state index in [1.165, 1.54) is 0 Å². The van der Waals surface area contributed by atoms with Gasteiger partial charge in [0, 0.05) is 23.0 Å². The Balaban J connectivity index is 3.15. The minimum atomic E-state index is -1.65. The van der Waals surface area contributed by atoms with Gasteiger partial charge in [-0.2, -0.15) is 4.39 Å². The molecule has 5 nitrogen and oxygen atoms in total. The van der Waals surface area contributed by atoms with E-state index in [2.05, 4.69) is 15.9 Å². The van der Waals surface area contributed by atoms with Crippen LogP contribution in [0.15, 0.2) is 12.1 Å². The van der Waals surface area contributed by atoms with Gasteiger partial charge in [0.1, 0.15) is 11.9 Å². The van der Waals surface area contributed by atoms with Crippen LogP contribution in [-0.4, -0.2) is 26.6 Å². The lowest BCUT2D eigenvalue weighted by molar-refractivity contribution is -0.387. The van der Waals surface area contributed by atoms with Crippen LogP contribution in [0.1, 0.15) is 18.1 Å². The molecule has 0 aromatic heterocycles. The van der Waals surface area contributed by atoms with Crippen molar-refractivity contribution in [3.63, 3.8) is 0 Å². The van der Waals surface area contributed by atoms with E-state index >= 15 is 0 Å². The molecule has 18 heavy (non-hydrogen) atoms. The second kappa shape index (κ2) is 6.17. The van der Waals surface area contributed by atoms with Gasteiger partial charge in [-0.05, 0) is 6.42 Å². The highest BCUT2D eigenvalue weighted by molar-refractivity contribution is 9.09. The van der Waals surface area contributed by atoms with Gasteiger partial charge in [-0.15, -0.1) is 0 Å². The van der Waals surface area contributed by atoms with Gasteiger partial charge in [-0.25, -0.2) is 4.39 Å². The molecule has 0 heterocycles. The van der Waals surface area contributed by atoms with E-state index < -0.39 is 40.0 Å². The Morgan fingerprint density at radius 1 is 1.33 bits per heavy atom. The van der Waals surface area contributed by atoms with Crippen LogP contribution in [0.3, 0.4) is 0 Å². The molecule has 100 valence electrons. The molecule has 1 aromatic rings. The third kappa shape index (κ3) is 3.21. The standard InChI is InChI=1S/C10H10BrF2NO4/c11-2-1-9(15)10(16)5-3-8(14(17)18)7(13)4-6(5)12/h3-4,9-10,15-16H,1-2H2. The molecule has 0 spiro atoms. The summed E-state index contributed by atoms with van der Waals surface area (Å²) >= 11 is 3.03. The summed E-state index contributed by atoms with van der Waals surface area (Å²) in [5.74, 6) is -2.47. The van der Waals surface area contributed by atoms with Crippen molar-refractivity contribution in [2.45, 2.75) is 18.6 Å². The van der Waals surface area contributed by atoms with Crippen LogP contribution in [0.25, 0.3) is 0 Å². The first-order valence-electron chi connectivity index (χ1n) is 4.94. The first kappa shape index (κ1) is 14.9. The number of aliphatic hydroxyl groups is 2. The summed E-state index contributed by atoms with van der Waals surface area (Å²) in [7, 11) is 0. The highest BCUT2D eigenvalue weighted by Crippen LogP contribution is 2.28. The summed E-state index contributed by atoms with van der Waals surface area (Å²) in [4.78, 5) is 9.47. The Morgan fingerprint density at radius 2 is 1.94 bits per heavy atom. The second-order valence-corrected chi connectivity index (χ2v) is 4.37. The molecule has 0 aliphatic carbocycles. The van der Waals surface area contributed by atoms with E-state index in [1.807, 2.05) is 0 Å². The van der Waals surface area contributed by atoms with Crippen molar-refractivity contribution in [3.8, 4) is 0 Å². The van der Waals surface area contributed by atoms with Gasteiger partial charge in [0.2, 0.25) is 5.82 Å². The van der Waals surface area contributed by atoms with Gasteiger partial charge in [0.05, 0.1) is 11.0 Å². The summed E-state index contributed by atoms with van der Waals surface area (Å²) in [5.41, 5.74) is -1.45. The zero-order valence-corrected chi connectivity index (χ0v) is 10.6. The molecule has 8 heteroatoms.